The summed E-state index contributed by atoms with van der Waals surface area (Å²) in [5, 5.41) is 4.17. The van der Waals surface area contributed by atoms with E-state index in [4.69, 9.17) is 0 Å². The molecular formula is C25H24N2O. The van der Waals surface area contributed by atoms with Crippen LogP contribution in [0, 0.1) is 19.8 Å². The van der Waals surface area contributed by atoms with E-state index >= 15 is 0 Å². The van der Waals surface area contributed by atoms with Crippen molar-refractivity contribution in [2.45, 2.75) is 25.7 Å². The lowest BCUT2D eigenvalue weighted by Gasteiger charge is -2.19. The molecule has 3 aromatic rings. The van der Waals surface area contributed by atoms with E-state index in [0.29, 0.717) is 0 Å². The van der Waals surface area contributed by atoms with Gasteiger partial charge in [-0.25, -0.2) is 5.43 Å². The molecule has 4 rings (SSSR count). The van der Waals surface area contributed by atoms with E-state index in [2.05, 4.69) is 72.9 Å². The molecule has 0 bridgehead atoms. The fourth-order valence-electron chi connectivity index (χ4n) is 4.02. The van der Waals surface area contributed by atoms with E-state index in [1.165, 1.54) is 22.3 Å². The van der Waals surface area contributed by atoms with Crippen LogP contribution in [0.4, 0.5) is 0 Å². The summed E-state index contributed by atoms with van der Waals surface area (Å²) in [6.07, 6.45) is 2.48. The molecule has 0 radical (unpaired) electrons. The monoisotopic (exact) mass is 368 g/mol. The Kier molecular flexibility index (Phi) is 4.82. The van der Waals surface area contributed by atoms with Crippen LogP contribution in [0.1, 0.15) is 34.2 Å². The number of nitrogens with one attached hydrogen (secondary N) is 1. The molecule has 1 N–H and O–H groups in total. The zero-order chi connectivity index (χ0) is 19.6. The van der Waals surface area contributed by atoms with Crippen molar-refractivity contribution in [2.75, 3.05) is 0 Å². The number of rotatable bonds is 5. The van der Waals surface area contributed by atoms with Crippen molar-refractivity contribution in [3.8, 4) is 0 Å². The first-order valence-electron chi connectivity index (χ1n) is 9.62. The SMILES string of the molecule is Cc1cccc(C2(c3cccc(C)c3)CC2C(=O)NN=Cc2ccccc2)c1. The van der Waals surface area contributed by atoms with Crippen LogP contribution in [0.2, 0.25) is 0 Å². The Balaban J connectivity index is 1.60. The second-order valence-corrected chi connectivity index (χ2v) is 7.61. The van der Waals surface area contributed by atoms with E-state index in [-0.39, 0.29) is 17.2 Å². The third kappa shape index (κ3) is 3.48. The van der Waals surface area contributed by atoms with Crippen LogP contribution in [-0.2, 0) is 10.2 Å². The van der Waals surface area contributed by atoms with Crippen LogP contribution >= 0.6 is 0 Å². The standard InChI is InChI=1S/C25H24N2O/c1-18-8-6-12-21(14-18)25(22-13-7-9-19(2)15-22)16-23(25)24(28)27-26-17-20-10-4-3-5-11-20/h3-15,17,23H,16H2,1-2H3,(H,27,28). The summed E-state index contributed by atoms with van der Waals surface area (Å²) in [7, 11) is 0. The van der Waals surface area contributed by atoms with E-state index in [0.717, 1.165) is 12.0 Å². The van der Waals surface area contributed by atoms with Crippen molar-refractivity contribution in [2.24, 2.45) is 11.0 Å². The normalized spacial score (nSPS) is 17.4. The molecule has 0 aromatic heterocycles. The number of carbonyl (C=O) groups is 1. The molecular weight excluding hydrogens is 344 g/mol. The molecule has 1 atom stereocenters. The number of amides is 1. The number of hydrogen-bond donors (Lipinski definition) is 1. The number of aryl methyl sites for hydroxylation is 2. The van der Waals surface area contributed by atoms with Crippen molar-refractivity contribution >= 4 is 12.1 Å². The number of nitrogens with zero attached hydrogens (tertiary/aromatic N) is 1. The molecule has 1 aliphatic carbocycles. The molecule has 3 aromatic carbocycles. The summed E-state index contributed by atoms with van der Waals surface area (Å²) in [4.78, 5) is 12.9. The molecule has 1 amide bonds. The lowest BCUT2D eigenvalue weighted by Crippen LogP contribution is -2.25. The molecule has 1 fully saturated rings. The predicted octanol–water partition coefficient (Wildman–Crippen LogP) is 4.76. The molecule has 0 aliphatic heterocycles. The minimum atomic E-state index is -0.273. The lowest BCUT2D eigenvalue weighted by atomic mass is 9.84. The first-order valence-corrected chi connectivity index (χ1v) is 9.62. The molecule has 3 nitrogen and oxygen atoms in total. The van der Waals surface area contributed by atoms with Gasteiger partial charge in [0.15, 0.2) is 0 Å². The first kappa shape index (κ1) is 18.2. The summed E-state index contributed by atoms with van der Waals surface area (Å²) in [5.74, 6) is -0.154. The van der Waals surface area contributed by atoms with Gasteiger partial charge in [0, 0.05) is 5.41 Å². The van der Waals surface area contributed by atoms with Crippen molar-refractivity contribution in [3.05, 3.63) is 107 Å². The highest BCUT2D eigenvalue weighted by atomic mass is 16.2. The summed E-state index contributed by atoms with van der Waals surface area (Å²) in [5.41, 5.74) is 8.25. The van der Waals surface area contributed by atoms with Gasteiger partial charge in [-0.1, -0.05) is 90.0 Å². The third-order valence-electron chi connectivity index (χ3n) is 5.53. The summed E-state index contributed by atoms with van der Waals surface area (Å²) >= 11 is 0. The smallest absolute Gasteiger partial charge is 0.244 e. The van der Waals surface area contributed by atoms with Crippen LogP contribution in [0.5, 0.6) is 0 Å². The van der Waals surface area contributed by atoms with Gasteiger partial charge in [-0.2, -0.15) is 5.10 Å². The molecule has 1 unspecified atom stereocenters. The first-order chi connectivity index (χ1) is 13.6. The van der Waals surface area contributed by atoms with Gasteiger partial charge in [-0.15, -0.1) is 0 Å². The summed E-state index contributed by atoms with van der Waals surface area (Å²) < 4.78 is 0. The molecule has 3 heteroatoms. The number of hydrazone groups is 1. The zero-order valence-electron chi connectivity index (χ0n) is 16.2. The Labute approximate surface area is 166 Å². The minimum absolute atomic E-state index is 0.0322. The molecule has 0 saturated heterocycles. The van der Waals surface area contributed by atoms with Crippen LogP contribution in [0.25, 0.3) is 0 Å². The van der Waals surface area contributed by atoms with Gasteiger partial charge in [0.2, 0.25) is 5.91 Å². The second-order valence-electron chi connectivity index (χ2n) is 7.61. The van der Waals surface area contributed by atoms with Crippen molar-refractivity contribution in [1.82, 2.24) is 5.43 Å². The average Bonchev–Trinajstić information content (AvgIpc) is 3.46. The topological polar surface area (TPSA) is 41.5 Å². The Morgan fingerprint density at radius 2 is 1.54 bits per heavy atom. The highest BCUT2D eigenvalue weighted by Gasteiger charge is 2.60. The van der Waals surface area contributed by atoms with Gasteiger partial charge >= 0.3 is 0 Å². The molecule has 1 aliphatic rings. The van der Waals surface area contributed by atoms with E-state index in [1.807, 2.05) is 30.3 Å². The van der Waals surface area contributed by atoms with E-state index < -0.39 is 0 Å². The van der Waals surface area contributed by atoms with E-state index in [9.17, 15) is 4.79 Å². The van der Waals surface area contributed by atoms with Crippen LogP contribution in [0.15, 0.2) is 84.0 Å². The number of benzene rings is 3. The summed E-state index contributed by atoms with van der Waals surface area (Å²) in [6, 6.07) is 26.8. The minimum Gasteiger partial charge on any atom is -0.273 e. The fraction of sp³-hybridized carbons (Fsp3) is 0.200. The van der Waals surface area contributed by atoms with Gasteiger partial charge in [-0.3, -0.25) is 4.79 Å². The van der Waals surface area contributed by atoms with Gasteiger partial charge in [0.05, 0.1) is 12.1 Å². The Hall–Kier alpha value is -3.20. The lowest BCUT2D eigenvalue weighted by molar-refractivity contribution is -0.122. The van der Waals surface area contributed by atoms with Crippen LogP contribution < -0.4 is 5.43 Å². The fourth-order valence-corrected chi connectivity index (χ4v) is 4.02. The maximum Gasteiger partial charge on any atom is 0.244 e. The number of carbonyl (C=O) groups excluding carboxylic acids is 1. The zero-order valence-corrected chi connectivity index (χ0v) is 16.2. The van der Waals surface area contributed by atoms with Gasteiger partial charge in [-0.05, 0) is 37.0 Å². The quantitative estimate of drug-likeness (QED) is 0.512. The third-order valence-corrected chi connectivity index (χ3v) is 5.53. The Morgan fingerprint density at radius 3 is 2.11 bits per heavy atom. The molecule has 28 heavy (non-hydrogen) atoms. The number of hydrogen-bond acceptors (Lipinski definition) is 2. The molecule has 0 spiro atoms. The Morgan fingerprint density at radius 1 is 0.929 bits per heavy atom. The van der Waals surface area contributed by atoms with E-state index in [1.54, 1.807) is 6.21 Å². The second kappa shape index (κ2) is 7.43. The van der Waals surface area contributed by atoms with Crippen molar-refractivity contribution in [3.63, 3.8) is 0 Å². The highest BCUT2D eigenvalue weighted by molar-refractivity contribution is 5.87. The van der Waals surface area contributed by atoms with Crippen molar-refractivity contribution in [1.29, 1.82) is 0 Å². The summed E-state index contributed by atoms with van der Waals surface area (Å²) in [6.45, 7) is 4.18. The van der Waals surface area contributed by atoms with Gasteiger partial charge in [0.1, 0.15) is 0 Å². The van der Waals surface area contributed by atoms with Crippen molar-refractivity contribution < 1.29 is 4.79 Å². The Bertz CT molecular complexity index is 978. The van der Waals surface area contributed by atoms with Gasteiger partial charge < -0.3 is 0 Å². The highest BCUT2D eigenvalue weighted by Crippen LogP contribution is 2.59. The predicted molar refractivity (Wildman–Crippen MR) is 113 cm³/mol. The maximum absolute atomic E-state index is 12.9. The largest absolute Gasteiger partial charge is 0.273 e. The van der Waals surface area contributed by atoms with Crippen LogP contribution in [0.3, 0.4) is 0 Å². The average molecular weight is 368 g/mol. The molecule has 0 heterocycles. The molecule has 140 valence electrons. The van der Waals surface area contributed by atoms with Crippen LogP contribution in [-0.4, -0.2) is 12.1 Å². The molecule has 1 saturated carbocycles. The van der Waals surface area contributed by atoms with Gasteiger partial charge in [0.25, 0.3) is 0 Å². The maximum atomic E-state index is 12.9.